The summed E-state index contributed by atoms with van der Waals surface area (Å²) in [5.74, 6) is -1.59. The molecule has 1 aliphatic rings. The van der Waals surface area contributed by atoms with E-state index in [1.807, 2.05) is 0 Å². The van der Waals surface area contributed by atoms with Gasteiger partial charge in [0.2, 0.25) is 5.91 Å². The molecule has 2 heterocycles. The molecule has 2 aromatic carbocycles. The number of nitrogens with one attached hydrogen (secondary N) is 1. The van der Waals surface area contributed by atoms with Gasteiger partial charge in [-0.15, -0.1) is 0 Å². The highest BCUT2D eigenvalue weighted by Gasteiger charge is 2.35. The van der Waals surface area contributed by atoms with Crippen LogP contribution in [0.4, 0.5) is 15.8 Å². The molecule has 1 unspecified atom stereocenters. The number of anilines is 2. The number of amides is 2. The summed E-state index contributed by atoms with van der Waals surface area (Å²) >= 11 is 6.09. The second kappa shape index (κ2) is 7.96. The van der Waals surface area contributed by atoms with E-state index >= 15 is 0 Å². The smallest absolute Gasteiger partial charge is 0.272 e. The maximum absolute atomic E-state index is 13.2. The largest absolute Gasteiger partial charge is 0.368 e. The van der Waals surface area contributed by atoms with E-state index in [9.17, 15) is 14.0 Å². The molecular formula is C20H16ClFN6O2. The van der Waals surface area contributed by atoms with Gasteiger partial charge in [0.15, 0.2) is 0 Å². The fraction of sp³-hybridized carbons (Fsp3) is 0.100. The molecule has 0 saturated heterocycles. The van der Waals surface area contributed by atoms with Gasteiger partial charge < -0.3 is 11.1 Å². The summed E-state index contributed by atoms with van der Waals surface area (Å²) in [6.07, 6.45) is 3.35. The van der Waals surface area contributed by atoms with Crippen LogP contribution in [-0.4, -0.2) is 33.3 Å². The number of hydrazone groups is 1. The van der Waals surface area contributed by atoms with Crippen molar-refractivity contribution in [2.24, 2.45) is 10.8 Å². The summed E-state index contributed by atoms with van der Waals surface area (Å²) in [4.78, 5) is 24.8. The molecule has 0 spiro atoms. The molecule has 3 aromatic rings. The third-order valence-electron chi connectivity index (χ3n) is 4.55. The van der Waals surface area contributed by atoms with E-state index in [1.54, 1.807) is 41.3 Å². The molecule has 4 rings (SSSR count). The van der Waals surface area contributed by atoms with Crippen LogP contribution in [0.1, 0.15) is 6.42 Å². The molecule has 0 bridgehead atoms. The van der Waals surface area contributed by atoms with Gasteiger partial charge in [-0.3, -0.25) is 14.6 Å². The Labute approximate surface area is 175 Å². The summed E-state index contributed by atoms with van der Waals surface area (Å²) in [6, 6.07) is 11.3. The zero-order valence-corrected chi connectivity index (χ0v) is 16.3. The molecule has 152 valence electrons. The number of hydrogen-bond acceptors (Lipinski definition) is 5. The molecular weight excluding hydrogens is 411 g/mol. The minimum atomic E-state index is -0.860. The van der Waals surface area contributed by atoms with Crippen LogP contribution >= 0.6 is 11.6 Å². The van der Waals surface area contributed by atoms with Gasteiger partial charge in [0.05, 0.1) is 17.1 Å². The highest BCUT2D eigenvalue weighted by atomic mass is 35.5. The van der Waals surface area contributed by atoms with Crippen molar-refractivity contribution in [1.29, 1.82) is 0 Å². The fourth-order valence-electron chi connectivity index (χ4n) is 3.11. The third kappa shape index (κ3) is 3.87. The van der Waals surface area contributed by atoms with E-state index in [4.69, 9.17) is 17.3 Å². The van der Waals surface area contributed by atoms with Crippen LogP contribution in [0.3, 0.4) is 0 Å². The molecule has 10 heteroatoms. The summed E-state index contributed by atoms with van der Waals surface area (Å²) in [6.45, 7) is 0. The van der Waals surface area contributed by atoms with Gasteiger partial charge in [0.1, 0.15) is 17.6 Å². The number of halogens is 2. The Morgan fingerprint density at radius 2 is 1.97 bits per heavy atom. The summed E-state index contributed by atoms with van der Waals surface area (Å²) in [5.41, 5.74) is 7.08. The molecule has 0 aliphatic carbocycles. The minimum absolute atomic E-state index is 0.0101. The first kappa shape index (κ1) is 19.6. The normalized spacial score (nSPS) is 15.7. The number of carbonyl (C=O) groups is 2. The van der Waals surface area contributed by atoms with E-state index in [0.717, 1.165) is 0 Å². The molecule has 0 saturated carbocycles. The Kier molecular flexibility index (Phi) is 5.20. The lowest BCUT2D eigenvalue weighted by molar-refractivity contribution is -0.119. The van der Waals surface area contributed by atoms with Crippen LogP contribution < -0.4 is 16.1 Å². The lowest BCUT2D eigenvalue weighted by Crippen LogP contribution is -2.39. The Bertz CT molecular complexity index is 1130. The van der Waals surface area contributed by atoms with Gasteiger partial charge in [0, 0.05) is 23.8 Å². The van der Waals surface area contributed by atoms with Gasteiger partial charge >= 0.3 is 0 Å². The number of carbonyl (C=O) groups excluding carboxylic acids is 2. The SMILES string of the molecule is NC(=O)C1CC(C(=O)Nc2cc(Cl)ccc2-n2cccn2)=NN1c1ccc(F)cc1. The lowest BCUT2D eigenvalue weighted by Gasteiger charge is -2.20. The second-order valence-corrected chi connectivity index (χ2v) is 6.99. The van der Waals surface area contributed by atoms with Crippen LogP contribution in [0, 0.1) is 5.82 Å². The van der Waals surface area contributed by atoms with Crippen LogP contribution in [0.2, 0.25) is 5.02 Å². The Balaban J connectivity index is 1.62. The van der Waals surface area contributed by atoms with E-state index in [0.29, 0.717) is 22.1 Å². The van der Waals surface area contributed by atoms with Gasteiger partial charge in [-0.1, -0.05) is 11.6 Å². The first-order valence-electron chi connectivity index (χ1n) is 8.95. The Morgan fingerprint density at radius 3 is 2.63 bits per heavy atom. The highest BCUT2D eigenvalue weighted by Crippen LogP contribution is 2.27. The monoisotopic (exact) mass is 426 g/mol. The van der Waals surface area contributed by atoms with Crippen molar-refractivity contribution in [2.45, 2.75) is 12.5 Å². The zero-order chi connectivity index (χ0) is 21.3. The third-order valence-corrected chi connectivity index (χ3v) is 4.79. The number of nitrogens with two attached hydrogens (primary N) is 1. The average Bonchev–Trinajstić information content (AvgIpc) is 3.39. The van der Waals surface area contributed by atoms with Crippen molar-refractivity contribution in [3.63, 3.8) is 0 Å². The standard InChI is InChI=1S/C20H16ClFN6O2/c21-12-2-7-17(27-9-1-8-24-27)15(10-12)25-20(30)16-11-18(19(23)29)28(26-16)14-5-3-13(22)4-6-14/h1-10,18H,11H2,(H2,23,29)(H,25,30). The predicted molar refractivity (Wildman–Crippen MR) is 111 cm³/mol. The number of rotatable bonds is 5. The van der Waals surface area contributed by atoms with Crippen molar-refractivity contribution >= 4 is 40.5 Å². The molecule has 30 heavy (non-hydrogen) atoms. The van der Waals surface area contributed by atoms with Crippen molar-refractivity contribution < 1.29 is 14.0 Å². The number of hydrogen-bond donors (Lipinski definition) is 2. The van der Waals surface area contributed by atoms with Gasteiger partial charge in [0.25, 0.3) is 5.91 Å². The van der Waals surface area contributed by atoms with Crippen molar-refractivity contribution in [1.82, 2.24) is 9.78 Å². The molecule has 0 fully saturated rings. The first-order chi connectivity index (χ1) is 14.4. The van der Waals surface area contributed by atoms with Crippen molar-refractivity contribution in [3.05, 3.63) is 71.8 Å². The molecule has 1 atom stereocenters. The van der Waals surface area contributed by atoms with Crippen molar-refractivity contribution in [3.8, 4) is 5.69 Å². The number of nitrogens with zero attached hydrogens (tertiary/aromatic N) is 4. The minimum Gasteiger partial charge on any atom is -0.368 e. The second-order valence-electron chi connectivity index (χ2n) is 6.56. The van der Waals surface area contributed by atoms with Crippen LogP contribution in [0.15, 0.2) is 66.0 Å². The van der Waals surface area contributed by atoms with E-state index in [-0.39, 0.29) is 12.1 Å². The molecule has 3 N–H and O–H groups in total. The molecule has 0 radical (unpaired) electrons. The van der Waals surface area contributed by atoms with Crippen LogP contribution in [-0.2, 0) is 9.59 Å². The first-order valence-corrected chi connectivity index (χ1v) is 9.32. The van der Waals surface area contributed by atoms with Gasteiger partial charge in [-0.25, -0.2) is 9.07 Å². The van der Waals surface area contributed by atoms with Crippen LogP contribution in [0.25, 0.3) is 5.69 Å². The van der Waals surface area contributed by atoms with Gasteiger partial charge in [-0.2, -0.15) is 10.2 Å². The van der Waals surface area contributed by atoms with Crippen molar-refractivity contribution in [2.75, 3.05) is 10.3 Å². The number of aromatic nitrogens is 2. The van der Waals surface area contributed by atoms with E-state index in [2.05, 4.69) is 15.5 Å². The topological polar surface area (TPSA) is 106 Å². The summed E-state index contributed by atoms with van der Waals surface area (Å²) in [7, 11) is 0. The van der Waals surface area contributed by atoms with Crippen LogP contribution in [0.5, 0.6) is 0 Å². The highest BCUT2D eigenvalue weighted by molar-refractivity contribution is 6.44. The molecule has 1 aliphatic heterocycles. The van der Waals surface area contributed by atoms with Gasteiger partial charge in [-0.05, 0) is 48.5 Å². The van der Waals surface area contributed by atoms with E-state index in [1.165, 1.54) is 29.3 Å². The number of benzene rings is 2. The molecule has 1 aromatic heterocycles. The molecule has 8 nitrogen and oxygen atoms in total. The summed E-state index contributed by atoms with van der Waals surface area (Å²) < 4.78 is 14.8. The van der Waals surface area contributed by atoms with E-state index < -0.39 is 23.7 Å². The predicted octanol–water partition coefficient (Wildman–Crippen LogP) is 2.72. The Morgan fingerprint density at radius 1 is 1.20 bits per heavy atom. The number of primary amides is 1. The maximum atomic E-state index is 13.2. The average molecular weight is 427 g/mol. The fourth-order valence-corrected chi connectivity index (χ4v) is 3.29. The zero-order valence-electron chi connectivity index (χ0n) is 15.5. The summed E-state index contributed by atoms with van der Waals surface area (Å²) in [5, 5.41) is 12.9. The lowest BCUT2D eigenvalue weighted by atomic mass is 10.1. The quantitative estimate of drug-likeness (QED) is 0.654. The Hall–Kier alpha value is -3.72. The molecule has 2 amide bonds. The maximum Gasteiger partial charge on any atom is 0.272 e.